The lowest BCUT2D eigenvalue weighted by Crippen LogP contribution is -2.48. The Hall–Kier alpha value is -1.56. The number of rotatable bonds is 4. The summed E-state index contributed by atoms with van der Waals surface area (Å²) in [6.45, 7) is 0. The fourth-order valence-corrected chi connectivity index (χ4v) is 7.63. The number of nitrogens with zero attached hydrogens (tertiary/aromatic N) is 2. The van der Waals surface area contributed by atoms with Crippen LogP contribution < -0.4 is 10.3 Å². The summed E-state index contributed by atoms with van der Waals surface area (Å²) < 4.78 is 1.01. The van der Waals surface area contributed by atoms with Gasteiger partial charge in [-0.15, -0.1) is 0 Å². The first-order chi connectivity index (χ1) is 16.0. The maximum Gasteiger partial charge on any atom is 0.267 e. The SMILES string of the molecule is O=C(NC1CCC2CC3CC2C1C3)C1=NN(c2ccc(Cl)cc2Cl)C(c2ccc(Br)cc2)C1. The third-order valence-electron chi connectivity index (χ3n) is 8.27. The summed E-state index contributed by atoms with van der Waals surface area (Å²) in [7, 11) is 0. The molecule has 2 aromatic carbocycles. The molecule has 3 saturated carbocycles. The first kappa shape index (κ1) is 21.9. The lowest BCUT2D eigenvalue weighted by molar-refractivity contribution is -0.116. The average Bonchev–Trinajstić information content (AvgIpc) is 3.51. The molecule has 1 heterocycles. The molecular weight excluding hydrogens is 521 g/mol. The van der Waals surface area contributed by atoms with Crippen molar-refractivity contribution in [3.8, 4) is 0 Å². The van der Waals surface area contributed by atoms with Crippen LogP contribution in [0.1, 0.15) is 50.1 Å². The molecule has 1 N–H and O–H groups in total. The highest BCUT2D eigenvalue weighted by Gasteiger charge is 2.51. The van der Waals surface area contributed by atoms with Crippen molar-refractivity contribution in [2.45, 2.75) is 50.6 Å². The minimum Gasteiger partial charge on any atom is -0.348 e. The number of carbonyl (C=O) groups excluding carboxylic acids is 1. The first-order valence-electron chi connectivity index (χ1n) is 11.8. The topological polar surface area (TPSA) is 44.7 Å². The van der Waals surface area contributed by atoms with Gasteiger partial charge in [0.25, 0.3) is 5.91 Å². The van der Waals surface area contributed by atoms with E-state index in [4.69, 9.17) is 28.3 Å². The normalized spacial score (nSPS) is 32.2. The number of benzene rings is 2. The number of hydrogen-bond acceptors (Lipinski definition) is 3. The predicted molar refractivity (Wildman–Crippen MR) is 137 cm³/mol. The lowest BCUT2D eigenvalue weighted by Gasteiger charge is -2.41. The Balaban J connectivity index is 1.26. The third kappa shape index (κ3) is 4.00. The van der Waals surface area contributed by atoms with Crippen LogP contribution in [-0.4, -0.2) is 17.7 Å². The van der Waals surface area contributed by atoms with Crippen LogP contribution in [0.25, 0.3) is 0 Å². The molecule has 4 aliphatic rings. The van der Waals surface area contributed by atoms with E-state index in [2.05, 4.69) is 33.4 Å². The lowest BCUT2D eigenvalue weighted by atomic mass is 9.68. The summed E-state index contributed by atoms with van der Waals surface area (Å²) in [5, 5.41) is 11.2. The number of halogens is 3. The maximum absolute atomic E-state index is 13.4. The number of nitrogens with one attached hydrogen (secondary N) is 1. The molecule has 4 nitrogen and oxygen atoms in total. The molecule has 1 amide bonds. The number of hydrazone groups is 1. The van der Waals surface area contributed by atoms with E-state index < -0.39 is 0 Å². The van der Waals surface area contributed by atoms with Crippen molar-refractivity contribution in [2.75, 3.05) is 5.01 Å². The van der Waals surface area contributed by atoms with Crippen LogP contribution in [0, 0.1) is 23.7 Å². The van der Waals surface area contributed by atoms with E-state index in [9.17, 15) is 4.79 Å². The smallest absolute Gasteiger partial charge is 0.267 e. The number of amides is 1. The fourth-order valence-electron chi connectivity index (χ4n) is 6.87. The molecular formula is C26H26BrCl2N3O. The minimum absolute atomic E-state index is 0.0316. The van der Waals surface area contributed by atoms with Crippen molar-refractivity contribution in [3.05, 3.63) is 62.5 Å². The highest BCUT2D eigenvalue weighted by Crippen LogP contribution is 2.57. The van der Waals surface area contributed by atoms with Crippen LogP contribution in [0.15, 0.2) is 52.0 Å². The average molecular weight is 547 g/mol. The van der Waals surface area contributed by atoms with Crippen molar-refractivity contribution < 1.29 is 4.79 Å². The second-order valence-corrected chi connectivity index (χ2v) is 11.8. The van der Waals surface area contributed by atoms with Gasteiger partial charge >= 0.3 is 0 Å². The summed E-state index contributed by atoms with van der Waals surface area (Å²) in [5.41, 5.74) is 2.41. The molecule has 33 heavy (non-hydrogen) atoms. The standard InChI is InChI=1S/C26H26BrCl2N3O/c27-17-4-1-15(2-5-17)25-13-23(31-32(25)24-8-6-18(28)12-21(24)29)26(33)30-22-7-3-16-9-14-10-19(16)20(22)11-14/h1-2,4-6,8,12,14,16,19-20,22,25H,3,7,9-11,13H2,(H,30,33). The second kappa shape index (κ2) is 8.58. The van der Waals surface area contributed by atoms with Crippen molar-refractivity contribution in [3.63, 3.8) is 0 Å². The molecule has 0 spiro atoms. The van der Waals surface area contributed by atoms with Gasteiger partial charge in [0.1, 0.15) is 5.71 Å². The van der Waals surface area contributed by atoms with E-state index >= 15 is 0 Å². The number of fused-ring (bicyclic) bond motifs is 1. The summed E-state index contributed by atoms with van der Waals surface area (Å²) in [6.07, 6.45) is 6.96. The Morgan fingerprint density at radius 2 is 1.82 bits per heavy atom. The van der Waals surface area contributed by atoms with E-state index in [1.54, 1.807) is 6.07 Å². The molecule has 6 rings (SSSR count). The van der Waals surface area contributed by atoms with Gasteiger partial charge in [-0.1, -0.05) is 51.3 Å². The largest absolute Gasteiger partial charge is 0.348 e. The minimum atomic E-state index is -0.101. The van der Waals surface area contributed by atoms with Crippen LogP contribution >= 0.6 is 39.1 Å². The summed E-state index contributed by atoms with van der Waals surface area (Å²) in [5.74, 6) is 3.22. The van der Waals surface area contributed by atoms with Gasteiger partial charge in [-0.25, -0.2) is 0 Å². The number of carbonyl (C=O) groups is 1. The van der Waals surface area contributed by atoms with E-state index in [-0.39, 0.29) is 18.0 Å². The Bertz CT molecular complexity index is 1120. The molecule has 2 aromatic rings. The van der Waals surface area contributed by atoms with E-state index in [1.807, 2.05) is 29.3 Å². The van der Waals surface area contributed by atoms with Gasteiger partial charge in [-0.3, -0.25) is 9.80 Å². The molecule has 0 aromatic heterocycles. The summed E-state index contributed by atoms with van der Waals surface area (Å²) in [4.78, 5) is 13.4. The molecule has 6 atom stereocenters. The van der Waals surface area contributed by atoms with Gasteiger partial charge in [-0.2, -0.15) is 5.10 Å². The van der Waals surface area contributed by atoms with Gasteiger partial charge < -0.3 is 5.32 Å². The van der Waals surface area contributed by atoms with Crippen molar-refractivity contribution in [1.29, 1.82) is 0 Å². The van der Waals surface area contributed by atoms with Crippen LogP contribution in [0.3, 0.4) is 0 Å². The van der Waals surface area contributed by atoms with Crippen LogP contribution in [0.5, 0.6) is 0 Å². The first-order valence-corrected chi connectivity index (χ1v) is 13.4. The molecule has 6 unspecified atom stereocenters. The predicted octanol–water partition coefficient (Wildman–Crippen LogP) is 7.00. The molecule has 1 aliphatic heterocycles. The van der Waals surface area contributed by atoms with Crippen LogP contribution in [0.2, 0.25) is 10.0 Å². The molecule has 0 radical (unpaired) electrons. The molecule has 2 bridgehead atoms. The van der Waals surface area contributed by atoms with Gasteiger partial charge in [0.05, 0.1) is 16.8 Å². The zero-order valence-electron chi connectivity index (χ0n) is 18.2. The highest BCUT2D eigenvalue weighted by molar-refractivity contribution is 9.10. The van der Waals surface area contributed by atoms with Crippen LogP contribution in [-0.2, 0) is 4.79 Å². The Labute approximate surface area is 212 Å². The fraction of sp³-hybridized carbons (Fsp3) is 0.462. The number of hydrogen-bond donors (Lipinski definition) is 1. The van der Waals surface area contributed by atoms with Crippen molar-refractivity contribution in [1.82, 2.24) is 5.32 Å². The Kier molecular flexibility index (Phi) is 5.71. The molecule has 3 aliphatic carbocycles. The van der Waals surface area contributed by atoms with E-state index in [0.717, 1.165) is 39.9 Å². The molecule has 0 saturated heterocycles. The maximum atomic E-state index is 13.4. The van der Waals surface area contributed by atoms with Crippen LogP contribution in [0.4, 0.5) is 5.69 Å². The monoisotopic (exact) mass is 545 g/mol. The van der Waals surface area contributed by atoms with Gasteiger partial charge in [0.15, 0.2) is 0 Å². The quantitative estimate of drug-likeness (QED) is 0.448. The summed E-state index contributed by atoms with van der Waals surface area (Å²) in [6, 6.07) is 13.8. The highest BCUT2D eigenvalue weighted by atomic mass is 79.9. The molecule has 3 fully saturated rings. The molecule has 7 heteroatoms. The van der Waals surface area contributed by atoms with Gasteiger partial charge in [-0.05, 0) is 91.7 Å². The van der Waals surface area contributed by atoms with Gasteiger partial charge in [0, 0.05) is 22.0 Å². The zero-order chi connectivity index (χ0) is 22.7. The number of anilines is 1. The summed E-state index contributed by atoms with van der Waals surface area (Å²) >= 11 is 16.2. The van der Waals surface area contributed by atoms with Gasteiger partial charge in [0.2, 0.25) is 0 Å². The Morgan fingerprint density at radius 1 is 1.03 bits per heavy atom. The molecule has 172 valence electrons. The van der Waals surface area contributed by atoms with E-state index in [0.29, 0.717) is 28.1 Å². The Morgan fingerprint density at radius 3 is 2.58 bits per heavy atom. The zero-order valence-corrected chi connectivity index (χ0v) is 21.3. The second-order valence-electron chi connectivity index (χ2n) is 10.1. The van der Waals surface area contributed by atoms with Crippen molar-refractivity contribution in [2.24, 2.45) is 28.8 Å². The van der Waals surface area contributed by atoms with E-state index in [1.165, 1.54) is 25.7 Å². The third-order valence-corrected chi connectivity index (χ3v) is 9.33. The van der Waals surface area contributed by atoms with Crippen molar-refractivity contribution >= 4 is 56.4 Å².